The number of rotatable bonds is 4. The number of hydrogen-bond acceptors (Lipinski definition) is 1. The second kappa shape index (κ2) is 6.57. The maximum atomic E-state index is 4.91. The van der Waals surface area contributed by atoms with Gasteiger partial charge in [-0.2, -0.15) is 0 Å². The fraction of sp³-hybridized carbons (Fsp3) is 0.381. The van der Waals surface area contributed by atoms with Crippen LogP contribution in [0.5, 0.6) is 0 Å². The zero-order valence-corrected chi connectivity index (χ0v) is 13.6. The molecule has 1 aromatic heterocycles. The van der Waals surface area contributed by atoms with Gasteiger partial charge in [-0.3, -0.25) is 0 Å². The van der Waals surface area contributed by atoms with Gasteiger partial charge in [0.1, 0.15) is 5.82 Å². The Labute approximate surface area is 138 Å². The van der Waals surface area contributed by atoms with Crippen molar-refractivity contribution in [2.45, 2.75) is 45.1 Å². The minimum absolute atomic E-state index is 0.897. The molecule has 1 heterocycles. The first-order valence-corrected chi connectivity index (χ1v) is 8.92. The van der Waals surface area contributed by atoms with Crippen molar-refractivity contribution in [3.63, 3.8) is 0 Å². The zero-order valence-electron chi connectivity index (χ0n) is 13.6. The fourth-order valence-corrected chi connectivity index (χ4v) is 3.90. The van der Waals surface area contributed by atoms with E-state index in [4.69, 9.17) is 4.98 Å². The van der Waals surface area contributed by atoms with Crippen molar-refractivity contribution >= 4 is 11.0 Å². The zero-order chi connectivity index (χ0) is 15.5. The van der Waals surface area contributed by atoms with E-state index in [0.29, 0.717) is 0 Å². The lowest BCUT2D eigenvalue weighted by molar-refractivity contribution is 0.326. The second-order valence-corrected chi connectivity index (χ2v) is 6.73. The molecule has 118 valence electrons. The molecule has 1 aliphatic carbocycles. The molecule has 0 spiro atoms. The van der Waals surface area contributed by atoms with Crippen LogP contribution in [-0.4, -0.2) is 9.55 Å². The van der Waals surface area contributed by atoms with Gasteiger partial charge in [-0.05, 0) is 24.5 Å². The summed E-state index contributed by atoms with van der Waals surface area (Å²) in [5.74, 6) is 2.01. The highest BCUT2D eigenvalue weighted by atomic mass is 15.1. The monoisotopic (exact) mass is 304 g/mol. The van der Waals surface area contributed by atoms with E-state index in [0.717, 1.165) is 23.8 Å². The summed E-state index contributed by atoms with van der Waals surface area (Å²) in [6.07, 6.45) is 8.36. The van der Waals surface area contributed by atoms with Crippen LogP contribution in [0.25, 0.3) is 22.4 Å². The van der Waals surface area contributed by atoms with Gasteiger partial charge in [-0.15, -0.1) is 0 Å². The van der Waals surface area contributed by atoms with Crippen LogP contribution in [0, 0.1) is 5.92 Å². The summed E-state index contributed by atoms with van der Waals surface area (Å²) in [4.78, 5) is 4.91. The number of nitrogens with zero attached hydrogens (tertiary/aromatic N) is 2. The Morgan fingerprint density at radius 3 is 2.43 bits per heavy atom. The molecule has 3 aromatic rings. The summed E-state index contributed by atoms with van der Waals surface area (Å²) in [5.41, 5.74) is 3.59. The lowest BCUT2D eigenvalue weighted by atomic mass is 9.87. The molecule has 0 radical (unpaired) electrons. The van der Waals surface area contributed by atoms with Gasteiger partial charge >= 0.3 is 0 Å². The predicted octanol–water partition coefficient (Wildman–Crippen LogP) is 5.67. The molecule has 2 nitrogen and oxygen atoms in total. The molecule has 0 bridgehead atoms. The van der Waals surface area contributed by atoms with Crippen LogP contribution < -0.4 is 0 Å². The Morgan fingerprint density at radius 2 is 1.61 bits per heavy atom. The van der Waals surface area contributed by atoms with Crippen molar-refractivity contribution in [2.24, 2.45) is 5.92 Å². The van der Waals surface area contributed by atoms with E-state index in [1.165, 1.54) is 49.6 Å². The van der Waals surface area contributed by atoms with Crippen LogP contribution in [0.1, 0.15) is 38.5 Å². The molecule has 0 atom stereocenters. The Kier molecular flexibility index (Phi) is 4.14. The first kappa shape index (κ1) is 14.5. The van der Waals surface area contributed by atoms with Crippen LogP contribution in [0.2, 0.25) is 0 Å². The van der Waals surface area contributed by atoms with Crippen molar-refractivity contribution in [2.75, 3.05) is 0 Å². The molecule has 1 saturated carbocycles. The molecule has 0 N–H and O–H groups in total. The SMILES string of the molecule is c1ccc(-c2nc3ccccc3n2CCC2CCCCC2)cc1. The highest BCUT2D eigenvalue weighted by Gasteiger charge is 2.16. The summed E-state index contributed by atoms with van der Waals surface area (Å²) in [6.45, 7) is 1.08. The molecule has 2 aromatic carbocycles. The molecule has 1 aliphatic rings. The molecule has 0 unspecified atom stereocenters. The first-order valence-electron chi connectivity index (χ1n) is 8.92. The van der Waals surface area contributed by atoms with E-state index in [9.17, 15) is 0 Å². The Morgan fingerprint density at radius 1 is 0.870 bits per heavy atom. The fourth-order valence-electron chi connectivity index (χ4n) is 3.90. The molecular formula is C21H24N2. The molecule has 23 heavy (non-hydrogen) atoms. The van der Waals surface area contributed by atoms with Gasteiger partial charge in [-0.1, -0.05) is 74.6 Å². The van der Waals surface area contributed by atoms with Crippen molar-refractivity contribution in [1.82, 2.24) is 9.55 Å². The molecule has 4 rings (SSSR count). The number of hydrogen-bond donors (Lipinski definition) is 0. The number of aromatic nitrogens is 2. The van der Waals surface area contributed by atoms with E-state index in [-0.39, 0.29) is 0 Å². The summed E-state index contributed by atoms with van der Waals surface area (Å²) in [7, 11) is 0. The van der Waals surface area contributed by atoms with Crippen molar-refractivity contribution in [1.29, 1.82) is 0 Å². The Bertz CT molecular complexity index is 767. The van der Waals surface area contributed by atoms with Gasteiger partial charge in [0.2, 0.25) is 0 Å². The lowest BCUT2D eigenvalue weighted by Crippen LogP contribution is -2.10. The maximum absolute atomic E-state index is 4.91. The molecule has 0 saturated heterocycles. The predicted molar refractivity (Wildman–Crippen MR) is 96.4 cm³/mol. The van der Waals surface area contributed by atoms with Gasteiger partial charge in [0.25, 0.3) is 0 Å². The minimum atomic E-state index is 0.897. The Hall–Kier alpha value is -2.09. The van der Waals surface area contributed by atoms with E-state index in [2.05, 4.69) is 59.2 Å². The highest BCUT2D eigenvalue weighted by Crippen LogP contribution is 2.29. The van der Waals surface area contributed by atoms with Crippen LogP contribution in [0.3, 0.4) is 0 Å². The van der Waals surface area contributed by atoms with Gasteiger partial charge in [0.15, 0.2) is 0 Å². The quantitative estimate of drug-likeness (QED) is 0.607. The third kappa shape index (κ3) is 3.03. The van der Waals surface area contributed by atoms with E-state index in [1.807, 2.05) is 0 Å². The van der Waals surface area contributed by atoms with Gasteiger partial charge in [0, 0.05) is 12.1 Å². The smallest absolute Gasteiger partial charge is 0.141 e. The largest absolute Gasteiger partial charge is 0.324 e. The van der Waals surface area contributed by atoms with Crippen molar-refractivity contribution in [3.8, 4) is 11.4 Å². The average Bonchev–Trinajstić information content (AvgIpc) is 3.00. The van der Waals surface area contributed by atoms with E-state index < -0.39 is 0 Å². The Balaban J connectivity index is 1.68. The number of para-hydroxylation sites is 2. The van der Waals surface area contributed by atoms with Gasteiger partial charge < -0.3 is 4.57 Å². The molecule has 0 amide bonds. The molecule has 1 fully saturated rings. The van der Waals surface area contributed by atoms with Crippen LogP contribution in [0.4, 0.5) is 0 Å². The van der Waals surface area contributed by atoms with Crippen LogP contribution in [-0.2, 0) is 6.54 Å². The van der Waals surface area contributed by atoms with E-state index in [1.54, 1.807) is 0 Å². The molecular weight excluding hydrogens is 280 g/mol. The van der Waals surface area contributed by atoms with Crippen LogP contribution >= 0.6 is 0 Å². The van der Waals surface area contributed by atoms with Crippen molar-refractivity contribution < 1.29 is 0 Å². The minimum Gasteiger partial charge on any atom is -0.324 e. The van der Waals surface area contributed by atoms with Crippen LogP contribution in [0.15, 0.2) is 54.6 Å². The van der Waals surface area contributed by atoms with Gasteiger partial charge in [-0.25, -0.2) is 4.98 Å². The number of aryl methyl sites for hydroxylation is 1. The standard InChI is InChI=1S/C21H24N2/c1-3-9-17(10-4-1)15-16-23-20-14-8-7-13-19(20)22-21(23)18-11-5-2-6-12-18/h2,5-8,11-14,17H,1,3-4,9-10,15-16H2. The average molecular weight is 304 g/mol. The normalized spacial score (nSPS) is 16.0. The third-order valence-corrected chi connectivity index (χ3v) is 5.17. The molecule has 2 heteroatoms. The summed E-state index contributed by atoms with van der Waals surface area (Å²) < 4.78 is 2.43. The third-order valence-electron chi connectivity index (χ3n) is 5.17. The summed E-state index contributed by atoms with van der Waals surface area (Å²) in [6, 6.07) is 19.1. The number of imidazole rings is 1. The second-order valence-electron chi connectivity index (χ2n) is 6.73. The highest BCUT2D eigenvalue weighted by molar-refractivity contribution is 5.80. The lowest BCUT2D eigenvalue weighted by Gasteiger charge is -2.22. The topological polar surface area (TPSA) is 17.8 Å². The number of fused-ring (bicyclic) bond motifs is 1. The number of benzene rings is 2. The summed E-state index contributed by atoms with van der Waals surface area (Å²) in [5, 5.41) is 0. The first-order chi connectivity index (χ1) is 11.4. The van der Waals surface area contributed by atoms with E-state index >= 15 is 0 Å². The summed E-state index contributed by atoms with van der Waals surface area (Å²) >= 11 is 0. The molecule has 0 aliphatic heterocycles. The maximum Gasteiger partial charge on any atom is 0.141 e. The van der Waals surface area contributed by atoms with Gasteiger partial charge in [0.05, 0.1) is 11.0 Å². The van der Waals surface area contributed by atoms with Crippen molar-refractivity contribution in [3.05, 3.63) is 54.6 Å².